The highest BCUT2D eigenvalue weighted by Gasteiger charge is 2.27. The first-order valence-corrected chi connectivity index (χ1v) is 8.80. The summed E-state index contributed by atoms with van der Waals surface area (Å²) in [7, 11) is 0. The maximum absolute atomic E-state index is 13.8. The van der Waals surface area contributed by atoms with Gasteiger partial charge >= 0.3 is 0 Å². The number of nitrogens with zero attached hydrogens (tertiary/aromatic N) is 1. The van der Waals surface area contributed by atoms with Gasteiger partial charge in [0.05, 0.1) is 18.0 Å². The lowest BCUT2D eigenvalue weighted by Gasteiger charge is -2.23. The van der Waals surface area contributed by atoms with Crippen molar-refractivity contribution in [2.45, 2.75) is 47.6 Å². The van der Waals surface area contributed by atoms with Gasteiger partial charge in [-0.1, -0.05) is 12.1 Å². The van der Waals surface area contributed by atoms with Crippen LogP contribution in [0.1, 0.15) is 51.8 Å². The van der Waals surface area contributed by atoms with Gasteiger partial charge in [0.25, 0.3) is 0 Å². The summed E-state index contributed by atoms with van der Waals surface area (Å²) >= 11 is 0. The number of benzene rings is 1. The molecule has 0 spiro atoms. The van der Waals surface area contributed by atoms with Gasteiger partial charge in [0.2, 0.25) is 5.91 Å². The highest BCUT2D eigenvalue weighted by atomic mass is 127. The van der Waals surface area contributed by atoms with Crippen molar-refractivity contribution < 1.29 is 9.18 Å². The van der Waals surface area contributed by atoms with Crippen LogP contribution in [-0.4, -0.2) is 31.5 Å². The Hall–Kier alpha value is -1.38. The SMILES string of the molecule is CCNC(=O)C(C)(C)CN=C(NCC)NC(C)c1ccc(C)c(F)c1.I. The Kier molecular flexibility index (Phi) is 10.8. The normalized spacial score (nSPS) is 12.8. The molecule has 1 unspecified atom stereocenters. The lowest BCUT2D eigenvalue weighted by molar-refractivity contribution is -0.128. The Morgan fingerprint density at radius 3 is 2.38 bits per heavy atom. The van der Waals surface area contributed by atoms with E-state index in [0.29, 0.717) is 31.2 Å². The summed E-state index contributed by atoms with van der Waals surface area (Å²) in [6.07, 6.45) is 0. The lowest BCUT2D eigenvalue weighted by Crippen LogP contribution is -2.42. The predicted molar refractivity (Wildman–Crippen MR) is 117 cm³/mol. The van der Waals surface area contributed by atoms with Crippen LogP contribution >= 0.6 is 24.0 Å². The van der Waals surface area contributed by atoms with Gasteiger partial charge in [-0.2, -0.15) is 0 Å². The third-order valence-electron chi connectivity index (χ3n) is 3.98. The molecule has 5 nitrogen and oxygen atoms in total. The van der Waals surface area contributed by atoms with Crippen molar-refractivity contribution in [3.63, 3.8) is 0 Å². The van der Waals surface area contributed by atoms with E-state index in [-0.39, 0.29) is 41.7 Å². The summed E-state index contributed by atoms with van der Waals surface area (Å²) in [5.74, 6) is 0.363. The zero-order valence-electron chi connectivity index (χ0n) is 16.6. The number of halogens is 2. The molecule has 0 bridgehead atoms. The average molecular weight is 478 g/mol. The topological polar surface area (TPSA) is 65.5 Å². The molecule has 148 valence electrons. The molecule has 0 aliphatic heterocycles. The fourth-order valence-electron chi connectivity index (χ4n) is 2.24. The Morgan fingerprint density at radius 1 is 1.23 bits per heavy atom. The molecular weight excluding hydrogens is 446 g/mol. The van der Waals surface area contributed by atoms with Crippen LogP contribution in [0.5, 0.6) is 0 Å². The monoisotopic (exact) mass is 478 g/mol. The van der Waals surface area contributed by atoms with Crippen molar-refractivity contribution in [1.29, 1.82) is 0 Å². The maximum atomic E-state index is 13.8. The minimum absolute atomic E-state index is 0. The maximum Gasteiger partial charge on any atom is 0.227 e. The van der Waals surface area contributed by atoms with Crippen LogP contribution < -0.4 is 16.0 Å². The first-order chi connectivity index (χ1) is 11.7. The molecule has 0 aliphatic carbocycles. The molecular formula is C19H32FIN4O. The van der Waals surface area contributed by atoms with Gasteiger partial charge in [0.15, 0.2) is 5.96 Å². The standard InChI is InChI=1S/C19H31FN4O.HI/c1-7-21-17(25)19(5,6)12-23-18(22-8-2)24-14(4)15-10-9-13(3)16(20)11-15;/h9-11,14H,7-8,12H2,1-6H3,(H,21,25)(H2,22,23,24);1H. The Morgan fingerprint density at radius 2 is 1.85 bits per heavy atom. The number of hydrogen-bond donors (Lipinski definition) is 3. The van der Waals surface area contributed by atoms with Crippen LogP contribution in [0, 0.1) is 18.2 Å². The van der Waals surface area contributed by atoms with Crippen LogP contribution in [0.15, 0.2) is 23.2 Å². The third-order valence-corrected chi connectivity index (χ3v) is 3.98. The Labute approximate surface area is 173 Å². The molecule has 1 aromatic carbocycles. The van der Waals surface area contributed by atoms with E-state index in [1.165, 1.54) is 6.07 Å². The molecule has 1 amide bonds. The molecule has 1 atom stereocenters. The minimum atomic E-state index is -0.600. The number of hydrogen-bond acceptors (Lipinski definition) is 2. The number of carbonyl (C=O) groups is 1. The third kappa shape index (κ3) is 7.47. The summed E-state index contributed by atoms with van der Waals surface area (Å²) < 4.78 is 13.8. The fraction of sp³-hybridized carbons (Fsp3) is 0.579. The molecule has 3 N–H and O–H groups in total. The first kappa shape index (κ1) is 24.6. The predicted octanol–water partition coefficient (Wildman–Crippen LogP) is 3.53. The summed E-state index contributed by atoms with van der Waals surface area (Å²) in [6, 6.07) is 5.10. The van der Waals surface area contributed by atoms with E-state index < -0.39 is 5.41 Å². The van der Waals surface area contributed by atoms with Crippen LogP contribution in [0.2, 0.25) is 0 Å². The number of guanidine groups is 1. The number of aliphatic imine (C=N–C) groups is 1. The number of amides is 1. The highest BCUT2D eigenvalue weighted by Crippen LogP contribution is 2.17. The second-order valence-corrected chi connectivity index (χ2v) is 6.81. The summed E-state index contributed by atoms with van der Waals surface area (Å²) in [5, 5.41) is 9.26. The fourth-order valence-corrected chi connectivity index (χ4v) is 2.24. The van der Waals surface area contributed by atoms with Crippen molar-refractivity contribution in [2.24, 2.45) is 10.4 Å². The molecule has 0 aromatic heterocycles. The molecule has 0 heterocycles. The van der Waals surface area contributed by atoms with Crippen molar-refractivity contribution in [2.75, 3.05) is 19.6 Å². The Balaban J connectivity index is 0.00000625. The van der Waals surface area contributed by atoms with Crippen LogP contribution in [0.4, 0.5) is 4.39 Å². The highest BCUT2D eigenvalue weighted by molar-refractivity contribution is 14.0. The van der Waals surface area contributed by atoms with E-state index >= 15 is 0 Å². The van der Waals surface area contributed by atoms with E-state index in [9.17, 15) is 9.18 Å². The van der Waals surface area contributed by atoms with Crippen molar-refractivity contribution >= 4 is 35.8 Å². The van der Waals surface area contributed by atoms with Gasteiger partial charge < -0.3 is 16.0 Å². The van der Waals surface area contributed by atoms with E-state index in [4.69, 9.17) is 0 Å². The summed E-state index contributed by atoms with van der Waals surface area (Å²) in [6.45, 7) is 12.9. The van der Waals surface area contributed by atoms with Crippen molar-refractivity contribution in [1.82, 2.24) is 16.0 Å². The van der Waals surface area contributed by atoms with Crippen LogP contribution in [0.25, 0.3) is 0 Å². The second kappa shape index (κ2) is 11.4. The Bertz CT molecular complexity index is 620. The molecule has 0 aliphatic rings. The number of aryl methyl sites for hydroxylation is 1. The van der Waals surface area contributed by atoms with Crippen molar-refractivity contribution in [3.8, 4) is 0 Å². The summed E-state index contributed by atoms with van der Waals surface area (Å²) in [5.41, 5.74) is 0.870. The van der Waals surface area contributed by atoms with Gasteiger partial charge in [-0.25, -0.2) is 4.39 Å². The van der Waals surface area contributed by atoms with Crippen LogP contribution in [-0.2, 0) is 4.79 Å². The van der Waals surface area contributed by atoms with Gasteiger partial charge in [0, 0.05) is 13.1 Å². The van der Waals surface area contributed by atoms with E-state index in [1.54, 1.807) is 13.0 Å². The average Bonchev–Trinajstić information content (AvgIpc) is 2.55. The van der Waals surface area contributed by atoms with Gasteiger partial charge in [-0.15, -0.1) is 24.0 Å². The molecule has 0 saturated heterocycles. The largest absolute Gasteiger partial charge is 0.357 e. The molecule has 0 saturated carbocycles. The molecule has 0 fully saturated rings. The zero-order chi connectivity index (χ0) is 19.0. The smallest absolute Gasteiger partial charge is 0.227 e. The van der Waals surface area contributed by atoms with Crippen molar-refractivity contribution in [3.05, 3.63) is 35.1 Å². The van der Waals surface area contributed by atoms with Gasteiger partial charge in [-0.05, 0) is 58.7 Å². The molecule has 0 radical (unpaired) electrons. The molecule has 1 rings (SSSR count). The first-order valence-electron chi connectivity index (χ1n) is 8.80. The number of rotatable bonds is 7. The van der Waals surface area contributed by atoms with Gasteiger partial charge in [0.1, 0.15) is 5.82 Å². The summed E-state index contributed by atoms with van der Waals surface area (Å²) in [4.78, 5) is 16.6. The molecule has 26 heavy (non-hydrogen) atoms. The second-order valence-electron chi connectivity index (χ2n) is 6.81. The lowest BCUT2D eigenvalue weighted by atomic mass is 9.92. The minimum Gasteiger partial charge on any atom is -0.357 e. The quantitative estimate of drug-likeness (QED) is 0.319. The number of nitrogens with one attached hydrogen (secondary N) is 3. The zero-order valence-corrected chi connectivity index (χ0v) is 18.9. The molecule has 1 aromatic rings. The van der Waals surface area contributed by atoms with E-state index in [0.717, 1.165) is 5.56 Å². The number of carbonyl (C=O) groups excluding carboxylic acids is 1. The van der Waals surface area contributed by atoms with Crippen LogP contribution in [0.3, 0.4) is 0 Å². The molecule has 7 heteroatoms. The van der Waals surface area contributed by atoms with E-state index in [2.05, 4.69) is 20.9 Å². The van der Waals surface area contributed by atoms with E-state index in [1.807, 2.05) is 40.7 Å². The van der Waals surface area contributed by atoms with Gasteiger partial charge in [-0.3, -0.25) is 9.79 Å².